The molecule has 1 fully saturated rings. The normalized spacial score (nSPS) is 22.3. The summed E-state index contributed by atoms with van der Waals surface area (Å²) in [5.41, 5.74) is 31.6. The van der Waals surface area contributed by atoms with Gasteiger partial charge >= 0.3 is 0 Å². The highest BCUT2D eigenvalue weighted by Gasteiger charge is 2.58. The van der Waals surface area contributed by atoms with Gasteiger partial charge in [-0.1, -0.05) is 194 Å². The van der Waals surface area contributed by atoms with Crippen LogP contribution in [-0.2, 0) is 21.7 Å². The van der Waals surface area contributed by atoms with Crippen molar-refractivity contribution in [1.29, 1.82) is 0 Å². The Kier molecular flexibility index (Phi) is 7.27. The zero-order valence-electron chi connectivity index (χ0n) is 40.7. The molecule has 3 heterocycles. The average Bonchev–Trinajstić information content (AvgIpc) is 4.03. The first-order chi connectivity index (χ1) is 32.8. The number of nitrogens with zero attached hydrogens (tertiary/aromatic N) is 2. The van der Waals surface area contributed by atoms with Gasteiger partial charge in [-0.3, -0.25) is 0 Å². The minimum atomic E-state index is -0.157. The first kappa shape index (κ1) is 39.4. The molecule has 0 saturated heterocycles. The molecule has 8 aromatic rings. The van der Waals surface area contributed by atoms with Gasteiger partial charge in [-0.25, -0.2) is 0 Å². The van der Waals surface area contributed by atoms with Crippen LogP contribution in [0.25, 0.3) is 44.5 Å². The van der Waals surface area contributed by atoms with Crippen LogP contribution >= 0.6 is 0 Å². The maximum atomic E-state index is 2.84. The molecule has 4 aliphatic carbocycles. The lowest BCUT2D eigenvalue weighted by molar-refractivity contribution is 0.195. The molecule has 3 heteroatoms. The van der Waals surface area contributed by atoms with Gasteiger partial charge in [-0.2, -0.15) is 0 Å². The van der Waals surface area contributed by atoms with Crippen molar-refractivity contribution < 1.29 is 0 Å². The summed E-state index contributed by atoms with van der Waals surface area (Å²) in [4.78, 5) is 5.64. The number of anilines is 5. The van der Waals surface area contributed by atoms with Gasteiger partial charge in [-0.15, -0.1) is 0 Å². The Morgan fingerprint density at radius 1 is 0.397 bits per heavy atom. The minimum Gasteiger partial charge on any atom is -0.334 e. The van der Waals surface area contributed by atoms with Crippen molar-refractivity contribution in [2.45, 2.75) is 108 Å². The first-order valence-corrected chi connectivity index (χ1v) is 25.4. The van der Waals surface area contributed by atoms with Gasteiger partial charge in [-0.05, 0) is 127 Å². The molecule has 330 valence electrons. The largest absolute Gasteiger partial charge is 0.334 e. The third-order valence-electron chi connectivity index (χ3n) is 19.4. The van der Waals surface area contributed by atoms with E-state index in [0.717, 1.165) is 6.42 Å². The Hall–Kier alpha value is -6.58. The molecular weight excluding hydrogens is 820 g/mol. The first-order valence-electron chi connectivity index (χ1n) is 25.4. The lowest BCUT2D eigenvalue weighted by atomic mass is 9.36. The summed E-state index contributed by atoms with van der Waals surface area (Å²) in [6.45, 7) is 19.9. The van der Waals surface area contributed by atoms with Gasteiger partial charge in [0.1, 0.15) is 0 Å². The molecule has 3 aliphatic heterocycles. The van der Waals surface area contributed by atoms with Crippen LogP contribution in [0.2, 0.25) is 0 Å². The number of fused-ring (bicyclic) bond motifs is 19. The Bertz CT molecular complexity index is 3630. The van der Waals surface area contributed by atoms with Crippen LogP contribution in [0.4, 0.5) is 28.4 Å². The maximum absolute atomic E-state index is 2.84. The topological polar surface area (TPSA) is 6.48 Å². The molecule has 15 rings (SSSR count). The van der Waals surface area contributed by atoms with E-state index in [-0.39, 0.29) is 33.9 Å². The summed E-state index contributed by atoms with van der Waals surface area (Å²) in [5.74, 6) is 0. The van der Waals surface area contributed by atoms with Crippen molar-refractivity contribution in [2.75, 3.05) is 9.80 Å². The highest BCUT2D eigenvalue weighted by atomic mass is 15.3. The predicted octanol–water partition coefficient (Wildman–Crippen LogP) is 14.6. The summed E-state index contributed by atoms with van der Waals surface area (Å²) in [7, 11) is 0. The fourth-order valence-electron chi connectivity index (χ4n) is 15.9. The van der Waals surface area contributed by atoms with Gasteiger partial charge in [0.25, 0.3) is 0 Å². The summed E-state index contributed by atoms with van der Waals surface area (Å²) in [6, 6.07) is 59.9. The zero-order valence-corrected chi connectivity index (χ0v) is 40.7. The molecule has 68 heavy (non-hydrogen) atoms. The Labute approximate surface area is 402 Å². The SMILES string of the molecule is CC1(C)c2ccccc2-c2c(N3c4cc(N5c6ccccc6C6(C)CCCCC56C)cc5c4B(c4ccc6c(c4-5)-c4ccccc4C6(C)C)c4ccc5c(c43)-c3ccccc3C5(C)C)cccc21. The molecule has 2 unspecified atom stereocenters. The standard InChI is InChI=1S/C65H57BN2/c1-61(2)43-23-12-9-20-39(43)55-47(61)27-19-29-53(55)67-54-37-38(68-52-28-16-15-26-46(52)64(7)34-17-18-35-65(64,68)8)36-42-58-50(32-30-48-56(58)40-21-10-13-24-44(40)62(48,3)4)66(59(42)54)51-33-31-49-57(60(51)67)41-22-11-14-25-45(41)63(49,5)6/h9-16,19-33,36-37H,17-18,34-35H2,1-8H3. The van der Waals surface area contributed by atoms with E-state index in [4.69, 9.17) is 0 Å². The smallest absolute Gasteiger partial charge is 0.248 e. The number of para-hydroxylation sites is 1. The number of benzene rings is 8. The summed E-state index contributed by atoms with van der Waals surface area (Å²) in [6.07, 6.45) is 4.87. The third-order valence-corrected chi connectivity index (χ3v) is 19.4. The van der Waals surface area contributed by atoms with Gasteiger partial charge in [0.2, 0.25) is 6.71 Å². The van der Waals surface area contributed by atoms with Crippen molar-refractivity contribution in [1.82, 2.24) is 0 Å². The van der Waals surface area contributed by atoms with E-state index in [9.17, 15) is 0 Å². The number of hydrogen-bond donors (Lipinski definition) is 0. The quantitative estimate of drug-likeness (QED) is 0.160. The zero-order chi connectivity index (χ0) is 46.0. The maximum Gasteiger partial charge on any atom is 0.248 e. The van der Waals surface area contributed by atoms with Crippen molar-refractivity contribution in [3.05, 3.63) is 191 Å². The predicted molar refractivity (Wildman–Crippen MR) is 287 cm³/mol. The van der Waals surface area contributed by atoms with Crippen molar-refractivity contribution in [3.8, 4) is 44.5 Å². The van der Waals surface area contributed by atoms with Crippen LogP contribution in [0, 0.1) is 0 Å². The fourth-order valence-corrected chi connectivity index (χ4v) is 15.9. The van der Waals surface area contributed by atoms with Gasteiger partial charge in [0.05, 0.1) is 11.2 Å². The number of hydrogen-bond acceptors (Lipinski definition) is 2. The minimum absolute atomic E-state index is 0.0285. The summed E-state index contributed by atoms with van der Waals surface area (Å²) in [5, 5.41) is 0. The van der Waals surface area contributed by atoms with Crippen LogP contribution in [0.5, 0.6) is 0 Å². The van der Waals surface area contributed by atoms with E-state index in [1.54, 1.807) is 0 Å². The Morgan fingerprint density at radius 2 is 0.912 bits per heavy atom. The van der Waals surface area contributed by atoms with Crippen LogP contribution in [0.1, 0.15) is 120 Å². The van der Waals surface area contributed by atoms with E-state index >= 15 is 0 Å². The van der Waals surface area contributed by atoms with E-state index in [1.807, 2.05) is 0 Å². The monoisotopic (exact) mass is 876 g/mol. The molecule has 8 aromatic carbocycles. The second kappa shape index (κ2) is 12.5. The second-order valence-corrected chi connectivity index (χ2v) is 23.4. The van der Waals surface area contributed by atoms with Gasteiger partial charge < -0.3 is 9.80 Å². The molecule has 0 radical (unpaired) electrons. The Morgan fingerprint density at radius 3 is 1.59 bits per heavy atom. The second-order valence-electron chi connectivity index (χ2n) is 23.4. The lowest BCUT2D eigenvalue weighted by Gasteiger charge is -2.50. The molecule has 2 nitrogen and oxygen atoms in total. The lowest BCUT2D eigenvalue weighted by Crippen LogP contribution is -2.56. The van der Waals surface area contributed by atoms with Crippen LogP contribution in [0.15, 0.2) is 152 Å². The summed E-state index contributed by atoms with van der Waals surface area (Å²) < 4.78 is 0. The summed E-state index contributed by atoms with van der Waals surface area (Å²) >= 11 is 0. The van der Waals surface area contributed by atoms with Crippen molar-refractivity contribution in [2.24, 2.45) is 0 Å². The molecule has 0 bridgehead atoms. The van der Waals surface area contributed by atoms with Gasteiger partial charge in [0.15, 0.2) is 0 Å². The molecule has 1 saturated carbocycles. The highest BCUT2D eigenvalue weighted by molar-refractivity contribution is 7.01. The van der Waals surface area contributed by atoms with E-state index in [1.165, 1.54) is 148 Å². The van der Waals surface area contributed by atoms with Crippen LogP contribution in [0.3, 0.4) is 0 Å². The molecular formula is C65H57BN2. The number of rotatable bonds is 2. The average molecular weight is 877 g/mol. The molecule has 7 aliphatic rings. The van der Waals surface area contributed by atoms with Crippen LogP contribution < -0.4 is 26.2 Å². The molecule has 0 amide bonds. The van der Waals surface area contributed by atoms with Crippen molar-refractivity contribution >= 4 is 51.5 Å². The molecule has 0 spiro atoms. The van der Waals surface area contributed by atoms with Crippen molar-refractivity contribution in [3.63, 3.8) is 0 Å². The van der Waals surface area contributed by atoms with Gasteiger partial charge in [0, 0.05) is 55.5 Å². The fraction of sp³-hybridized carbons (Fsp3) is 0.262. The highest BCUT2D eigenvalue weighted by Crippen LogP contribution is 2.64. The third kappa shape index (κ3) is 4.37. The van der Waals surface area contributed by atoms with Crippen LogP contribution in [-0.4, -0.2) is 12.3 Å². The molecule has 2 atom stereocenters. The van der Waals surface area contributed by atoms with E-state index in [2.05, 4.69) is 217 Å². The van der Waals surface area contributed by atoms with E-state index < -0.39 is 0 Å². The molecule has 0 aromatic heterocycles. The Balaban J connectivity index is 1.13. The van der Waals surface area contributed by atoms with E-state index in [0.29, 0.717) is 0 Å². The molecule has 0 N–H and O–H groups in total.